The van der Waals surface area contributed by atoms with Crippen LogP contribution in [0.4, 0.5) is 0 Å². The summed E-state index contributed by atoms with van der Waals surface area (Å²) < 4.78 is 29.7. The van der Waals surface area contributed by atoms with E-state index >= 15 is 0 Å². The Morgan fingerprint density at radius 1 is 1.37 bits per heavy atom. The number of hydrogen-bond acceptors (Lipinski definition) is 4. The van der Waals surface area contributed by atoms with Crippen LogP contribution >= 0.6 is 12.6 Å². The lowest BCUT2D eigenvalue weighted by Crippen LogP contribution is -2.42. The van der Waals surface area contributed by atoms with Gasteiger partial charge in [0.05, 0.1) is 19.3 Å². The van der Waals surface area contributed by atoms with Gasteiger partial charge in [-0.2, -0.15) is 25.4 Å². The Bertz CT molecular complexity index is 507. The summed E-state index contributed by atoms with van der Waals surface area (Å²) in [5, 5.41) is 5.20. The van der Waals surface area contributed by atoms with Crippen molar-refractivity contribution in [2.45, 2.75) is 24.3 Å². The van der Waals surface area contributed by atoms with E-state index in [-0.39, 0.29) is 11.3 Å². The predicted molar refractivity (Wildman–Crippen MR) is 77.1 cm³/mol. The number of thiol groups is 1. The summed E-state index contributed by atoms with van der Waals surface area (Å²) >= 11 is 4.32. The fourth-order valence-corrected chi connectivity index (χ4v) is 3.69. The number of nitrogens with zero attached hydrogens (tertiary/aromatic N) is 1. The minimum Gasteiger partial charge on any atom is -0.375 e. The zero-order chi connectivity index (χ0) is 13.9. The maximum Gasteiger partial charge on any atom is 0.277 e. The largest absolute Gasteiger partial charge is 0.375 e. The molecule has 2 rings (SSSR count). The van der Waals surface area contributed by atoms with E-state index in [1.54, 1.807) is 0 Å². The maximum atomic E-state index is 11.4. The van der Waals surface area contributed by atoms with E-state index in [2.05, 4.69) is 12.6 Å². The molecular formula is C12H18N2O3S2. The minimum absolute atomic E-state index is 0.0173. The van der Waals surface area contributed by atoms with Crippen LogP contribution in [0.1, 0.15) is 12.0 Å². The van der Waals surface area contributed by atoms with Gasteiger partial charge in [-0.1, -0.05) is 30.3 Å². The van der Waals surface area contributed by atoms with Gasteiger partial charge in [-0.25, -0.2) is 5.14 Å². The molecule has 5 nitrogen and oxygen atoms in total. The molecule has 0 spiro atoms. The monoisotopic (exact) mass is 302 g/mol. The number of rotatable bonds is 5. The van der Waals surface area contributed by atoms with E-state index < -0.39 is 10.2 Å². The second kappa shape index (κ2) is 6.23. The van der Waals surface area contributed by atoms with Crippen LogP contribution in [0.2, 0.25) is 0 Å². The topological polar surface area (TPSA) is 72.6 Å². The first-order valence-corrected chi connectivity index (χ1v) is 8.08. The highest BCUT2D eigenvalue weighted by Crippen LogP contribution is 2.24. The lowest BCUT2D eigenvalue weighted by Gasteiger charge is -2.21. The third kappa shape index (κ3) is 4.19. The molecule has 2 N–H and O–H groups in total. The van der Waals surface area contributed by atoms with Gasteiger partial charge in [-0.15, -0.1) is 0 Å². The fourth-order valence-electron chi connectivity index (χ4n) is 2.21. The van der Waals surface area contributed by atoms with Crippen molar-refractivity contribution in [3.05, 3.63) is 35.9 Å². The quantitative estimate of drug-likeness (QED) is 0.790. The van der Waals surface area contributed by atoms with Crippen LogP contribution in [0, 0.1) is 0 Å². The standard InChI is InChI=1S/C12H18N2O3S2/c13-19(15,16)14-7-12(18)6-11(14)9-17-8-10-4-2-1-3-5-10/h1-5,11-12,18H,6-9H2,(H2,13,15,16)/t11-,12+/m0/s1. The summed E-state index contributed by atoms with van der Waals surface area (Å²) in [6, 6.07) is 9.53. The molecule has 0 radical (unpaired) electrons. The SMILES string of the molecule is NS(=O)(=O)N1C[C@H](S)C[C@H]1COCc1ccccc1. The Morgan fingerprint density at radius 2 is 2.05 bits per heavy atom. The Kier molecular flexibility index (Phi) is 4.86. The van der Waals surface area contributed by atoms with Crippen LogP contribution in [0.25, 0.3) is 0 Å². The number of ether oxygens (including phenoxy) is 1. The van der Waals surface area contributed by atoms with Crippen LogP contribution < -0.4 is 5.14 Å². The number of benzene rings is 1. The fraction of sp³-hybridized carbons (Fsp3) is 0.500. The maximum absolute atomic E-state index is 11.4. The molecule has 106 valence electrons. The molecule has 7 heteroatoms. The van der Waals surface area contributed by atoms with E-state index in [0.717, 1.165) is 5.56 Å². The van der Waals surface area contributed by atoms with E-state index in [9.17, 15) is 8.42 Å². The Hall–Kier alpha value is -0.600. The molecule has 0 aromatic heterocycles. The second-order valence-electron chi connectivity index (χ2n) is 4.66. The van der Waals surface area contributed by atoms with Crippen LogP contribution in [-0.2, 0) is 21.6 Å². The van der Waals surface area contributed by atoms with Crippen molar-refractivity contribution >= 4 is 22.8 Å². The number of hydrogen-bond donors (Lipinski definition) is 2. The van der Waals surface area contributed by atoms with Gasteiger partial charge in [0, 0.05) is 11.8 Å². The van der Waals surface area contributed by atoms with Crippen LogP contribution in [0.3, 0.4) is 0 Å². The van der Waals surface area contributed by atoms with Crippen molar-refractivity contribution in [1.29, 1.82) is 0 Å². The van der Waals surface area contributed by atoms with Gasteiger partial charge in [0.2, 0.25) is 0 Å². The Balaban J connectivity index is 1.88. The molecule has 1 aliphatic rings. The lowest BCUT2D eigenvalue weighted by molar-refractivity contribution is 0.0873. The van der Waals surface area contributed by atoms with Crippen molar-refractivity contribution in [3.63, 3.8) is 0 Å². The molecule has 1 aliphatic heterocycles. The summed E-state index contributed by atoms with van der Waals surface area (Å²) in [7, 11) is -3.68. The Morgan fingerprint density at radius 3 is 2.68 bits per heavy atom. The highest BCUT2D eigenvalue weighted by Gasteiger charge is 2.36. The molecule has 1 saturated heterocycles. The van der Waals surface area contributed by atoms with Crippen LogP contribution in [0.15, 0.2) is 30.3 Å². The first kappa shape index (κ1) is 14.8. The van der Waals surface area contributed by atoms with Gasteiger partial charge in [0.1, 0.15) is 0 Å². The van der Waals surface area contributed by atoms with Gasteiger partial charge in [0.15, 0.2) is 0 Å². The van der Waals surface area contributed by atoms with Crippen LogP contribution in [-0.4, -0.2) is 37.2 Å². The highest BCUT2D eigenvalue weighted by atomic mass is 32.2. The second-order valence-corrected chi connectivity index (χ2v) is 6.89. The van der Waals surface area contributed by atoms with Crippen molar-refractivity contribution < 1.29 is 13.2 Å². The zero-order valence-corrected chi connectivity index (χ0v) is 12.2. The molecule has 0 saturated carbocycles. The van der Waals surface area contributed by atoms with E-state index in [1.807, 2.05) is 30.3 Å². The third-order valence-corrected chi connectivity index (χ3v) is 4.57. The van der Waals surface area contributed by atoms with Crippen molar-refractivity contribution in [1.82, 2.24) is 4.31 Å². The minimum atomic E-state index is -3.68. The van der Waals surface area contributed by atoms with Gasteiger partial charge in [-0.3, -0.25) is 0 Å². The van der Waals surface area contributed by atoms with Gasteiger partial charge >= 0.3 is 0 Å². The summed E-state index contributed by atoms with van der Waals surface area (Å²) in [5.41, 5.74) is 1.06. The van der Waals surface area contributed by atoms with Crippen molar-refractivity contribution in [3.8, 4) is 0 Å². The lowest BCUT2D eigenvalue weighted by atomic mass is 10.2. The molecule has 2 atom stereocenters. The van der Waals surface area contributed by atoms with E-state index in [1.165, 1.54) is 4.31 Å². The molecule has 1 aromatic rings. The number of nitrogens with two attached hydrogens (primary N) is 1. The van der Waals surface area contributed by atoms with Crippen LogP contribution in [0.5, 0.6) is 0 Å². The summed E-state index contributed by atoms with van der Waals surface area (Å²) in [6.45, 7) is 1.15. The molecule has 0 aliphatic carbocycles. The zero-order valence-electron chi connectivity index (χ0n) is 10.5. The average Bonchev–Trinajstić information content (AvgIpc) is 2.72. The normalized spacial score (nSPS) is 24.7. The highest BCUT2D eigenvalue weighted by molar-refractivity contribution is 7.87. The van der Waals surface area contributed by atoms with E-state index in [4.69, 9.17) is 9.88 Å². The molecule has 0 amide bonds. The van der Waals surface area contributed by atoms with E-state index in [0.29, 0.717) is 26.2 Å². The molecule has 0 bridgehead atoms. The first-order chi connectivity index (χ1) is 8.97. The summed E-state index contributed by atoms with van der Waals surface area (Å²) in [6.07, 6.45) is 0.661. The molecular weight excluding hydrogens is 284 g/mol. The van der Waals surface area contributed by atoms with Crippen molar-refractivity contribution in [2.75, 3.05) is 13.2 Å². The van der Waals surface area contributed by atoms with Gasteiger partial charge in [0.25, 0.3) is 10.2 Å². The average molecular weight is 302 g/mol. The predicted octanol–water partition coefficient (Wildman–Crippen LogP) is 0.779. The van der Waals surface area contributed by atoms with Gasteiger partial charge in [-0.05, 0) is 12.0 Å². The Labute approximate surface area is 119 Å². The third-order valence-electron chi connectivity index (χ3n) is 3.09. The summed E-state index contributed by atoms with van der Waals surface area (Å²) in [4.78, 5) is 0. The van der Waals surface area contributed by atoms with Gasteiger partial charge < -0.3 is 4.74 Å². The summed E-state index contributed by atoms with van der Waals surface area (Å²) in [5.74, 6) is 0. The first-order valence-electron chi connectivity index (χ1n) is 6.06. The van der Waals surface area contributed by atoms with Crippen molar-refractivity contribution in [2.24, 2.45) is 5.14 Å². The molecule has 0 unspecified atom stereocenters. The molecule has 19 heavy (non-hydrogen) atoms. The smallest absolute Gasteiger partial charge is 0.277 e. The molecule has 1 fully saturated rings. The molecule has 1 heterocycles. The molecule has 1 aromatic carbocycles.